The van der Waals surface area contributed by atoms with Crippen molar-refractivity contribution in [1.29, 1.82) is 0 Å². The van der Waals surface area contributed by atoms with Gasteiger partial charge in [0.05, 0.1) is 17.9 Å². The summed E-state index contributed by atoms with van der Waals surface area (Å²) in [5, 5.41) is 4.96. The fourth-order valence-electron chi connectivity index (χ4n) is 1.19. The van der Waals surface area contributed by atoms with E-state index in [2.05, 4.69) is 17.2 Å². The van der Waals surface area contributed by atoms with Gasteiger partial charge in [-0.3, -0.25) is 9.59 Å². The Balaban J connectivity index is 2.31. The van der Waals surface area contributed by atoms with Crippen molar-refractivity contribution in [1.82, 2.24) is 4.98 Å². The Labute approximate surface area is 115 Å². The van der Waals surface area contributed by atoms with Crippen LogP contribution in [0.1, 0.15) is 25.5 Å². The highest BCUT2D eigenvalue weighted by Gasteiger charge is 2.08. The number of anilines is 1. The number of nitrogens with one attached hydrogen (secondary N) is 1. The van der Waals surface area contributed by atoms with Gasteiger partial charge in [-0.15, -0.1) is 11.3 Å². The predicted octanol–water partition coefficient (Wildman–Crippen LogP) is 1.64. The zero-order valence-corrected chi connectivity index (χ0v) is 11.9. The van der Waals surface area contributed by atoms with E-state index < -0.39 is 5.91 Å². The standard InChI is InChI=1S/C11H17N3O2S2/c1-2-3-4-17-7-10(16)14-11-13-8(6-18-11)5-9(12)15/h6H,2-5,7H2,1H3,(H2,12,15)(H,13,14,16). The zero-order chi connectivity index (χ0) is 13.4. The molecule has 1 heterocycles. The second-order valence-corrected chi connectivity index (χ2v) is 5.70. The van der Waals surface area contributed by atoms with Crippen LogP contribution in [0.4, 0.5) is 5.13 Å². The van der Waals surface area contributed by atoms with Crippen molar-refractivity contribution < 1.29 is 9.59 Å². The third-order valence-electron chi connectivity index (χ3n) is 2.03. The number of aromatic nitrogens is 1. The highest BCUT2D eigenvalue weighted by atomic mass is 32.2. The average molecular weight is 287 g/mol. The van der Waals surface area contributed by atoms with Crippen LogP contribution in [-0.4, -0.2) is 28.3 Å². The molecule has 1 rings (SSSR count). The normalized spacial score (nSPS) is 10.3. The Bertz CT molecular complexity index is 407. The second-order valence-electron chi connectivity index (χ2n) is 3.74. The lowest BCUT2D eigenvalue weighted by Crippen LogP contribution is -2.15. The van der Waals surface area contributed by atoms with Crippen molar-refractivity contribution in [2.45, 2.75) is 26.2 Å². The van der Waals surface area contributed by atoms with E-state index in [1.165, 1.54) is 11.3 Å². The first-order valence-electron chi connectivity index (χ1n) is 5.72. The highest BCUT2D eigenvalue weighted by molar-refractivity contribution is 7.99. The largest absolute Gasteiger partial charge is 0.369 e. The molecule has 0 aliphatic carbocycles. The molecular weight excluding hydrogens is 270 g/mol. The summed E-state index contributed by atoms with van der Waals surface area (Å²) in [6.45, 7) is 2.12. The van der Waals surface area contributed by atoms with Crippen molar-refractivity contribution in [2.75, 3.05) is 16.8 Å². The third kappa shape index (κ3) is 6.02. The molecule has 0 aromatic carbocycles. The number of carbonyl (C=O) groups is 2. The maximum absolute atomic E-state index is 11.6. The summed E-state index contributed by atoms with van der Waals surface area (Å²) in [6.07, 6.45) is 2.37. The fraction of sp³-hybridized carbons (Fsp3) is 0.545. The number of nitrogens with zero attached hydrogens (tertiary/aromatic N) is 1. The Kier molecular flexibility index (Phi) is 6.74. The van der Waals surface area contributed by atoms with Crippen LogP contribution in [0.25, 0.3) is 0 Å². The van der Waals surface area contributed by atoms with Gasteiger partial charge in [-0.1, -0.05) is 13.3 Å². The van der Waals surface area contributed by atoms with Gasteiger partial charge in [0.1, 0.15) is 0 Å². The summed E-state index contributed by atoms with van der Waals surface area (Å²) in [4.78, 5) is 26.4. The Morgan fingerprint density at radius 3 is 3.00 bits per heavy atom. The van der Waals surface area contributed by atoms with Gasteiger partial charge in [0, 0.05) is 5.38 Å². The summed E-state index contributed by atoms with van der Waals surface area (Å²) in [5.74, 6) is 0.948. The molecule has 1 aromatic heterocycles. The van der Waals surface area contributed by atoms with Crippen LogP contribution >= 0.6 is 23.1 Å². The van der Waals surface area contributed by atoms with Crippen molar-refractivity contribution >= 4 is 40.0 Å². The Morgan fingerprint density at radius 1 is 1.56 bits per heavy atom. The summed E-state index contributed by atoms with van der Waals surface area (Å²) in [5.41, 5.74) is 5.66. The van der Waals surface area contributed by atoms with Crippen molar-refractivity contribution in [3.63, 3.8) is 0 Å². The lowest BCUT2D eigenvalue weighted by Gasteiger charge is -2.01. The lowest BCUT2D eigenvalue weighted by molar-refractivity contribution is -0.117. The van der Waals surface area contributed by atoms with Crippen LogP contribution in [0.2, 0.25) is 0 Å². The van der Waals surface area contributed by atoms with Crippen LogP contribution in [0.5, 0.6) is 0 Å². The van der Waals surface area contributed by atoms with E-state index in [-0.39, 0.29) is 12.3 Å². The van der Waals surface area contributed by atoms with E-state index in [0.29, 0.717) is 16.6 Å². The molecule has 0 fully saturated rings. The van der Waals surface area contributed by atoms with Crippen LogP contribution in [0, 0.1) is 0 Å². The van der Waals surface area contributed by atoms with E-state index in [4.69, 9.17) is 5.73 Å². The summed E-state index contributed by atoms with van der Waals surface area (Å²) in [7, 11) is 0. The molecule has 0 unspecified atom stereocenters. The van der Waals surface area contributed by atoms with Gasteiger partial charge >= 0.3 is 0 Å². The first kappa shape index (κ1) is 15.0. The molecular formula is C11H17N3O2S2. The molecule has 100 valence electrons. The van der Waals surface area contributed by atoms with Crippen molar-refractivity contribution in [3.8, 4) is 0 Å². The minimum atomic E-state index is -0.423. The van der Waals surface area contributed by atoms with Gasteiger partial charge in [-0.05, 0) is 12.2 Å². The number of hydrogen-bond donors (Lipinski definition) is 2. The van der Waals surface area contributed by atoms with Crippen molar-refractivity contribution in [3.05, 3.63) is 11.1 Å². The number of unbranched alkanes of at least 4 members (excludes halogenated alkanes) is 1. The molecule has 5 nitrogen and oxygen atoms in total. The molecule has 2 amide bonds. The van der Waals surface area contributed by atoms with E-state index in [0.717, 1.165) is 18.6 Å². The number of carbonyl (C=O) groups excluding carboxylic acids is 2. The van der Waals surface area contributed by atoms with Gasteiger partial charge in [-0.2, -0.15) is 11.8 Å². The summed E-state index contributed by atoms with van der Waals surface area (Å²) < 4.78 is 0. The smallest absolute Gasteiger partial charge is 0.236 e. The maximum atomic E-state index is 11.6. The van der Waals surface area contributed by atoms with Crippen LogP contribution in [-0.2, 0) is 16.0 Å². The molecule has 7 heteroatoms. The summed E-state index contributed by atoms with van der Waals surface area (Å²) in [6, 6.07) is 0. The molecule has 0 radical (unpaired) electrons. The van der Waals surface area contributed by atoms with E-state index in [1.54, 1.807) is 17.1 Å². The first-order valence-corrected chi connectivity index (χ1v) is 7.75. The molecule has 0 aliphatic heterocycles. The number of amides is 2. The first-order chi connectivity index (χ1) is 8.61. The number of rotatable bonds is 8. The molecule has 1 aromatic rings. The quantitative estimate of drug-likeness (QED) is 0.712. The van der Waals surface area contributed by atoms with E-state index in [9.17, 15) is 9.59 Å². The maximum Gasteiger partial charge on any atom is 0.236 e. The van der Waals surface area contributed by atoms with Crippen molar-refractivity contribution in [2.24, 2.45) is 5.73 Å². The molecule has 3 N–H and O–H groups in total. The number of thiazole rings is 1. The lowest BCUT2D eigenvalue weighted by atomic mass is 10.3. The van der Waals surface area contributed by atoms with Gasteiger partial charge in [0.2, 0.25) is 11.8 Å². The van der Waals surface area contributed by atoms with Gasteiger partial charge < -0.3 is 11.1 Å². The predicted molar refractivity (Wildman–Crippen MR) is 75.9 cm³/mol. The Hall–Kier alpha value is -1.08. The molecule has 0 aliphatic rings. The van der Waals surface area contributed by atoms with E-state index >= 15 is 0 Å². The van der Waals surface area contributed by atoms with Gasteiger partial charge in [0.25, 0.3) is 0 Å². The fourth-order valence-corrected chi connectivity index (χ4v) is 2.81. The number of nitrogens with two attached hydrogens (primary N) is 1. The molecule has 18 heavy (non-hydrogen) atoms. The molecule has 0 spiro atoms. The second kappa shape index (κ2) is 8.10. The molecule has 0 atom stereocenters. The molecule has 0 saturated heterocycles. The van der Waals surface area contributed by atoms with Crippen LogP contribution in [0.15, 0.2) is 5.38 Å². The highest BCUT2D eigenvalue weighted by Crippen LogP contribution is 2.16. The average Bonchev–Trinajstić information content (AvgIpc) is 2.71. The van der Waals surface area contributed by atoms with Crippen LogP contribution < -0.4 is 11.1 Å². The Morgan fingerprint density at radius 2 is 2.33 bits per heavy atom. The topological polar surface area (TPSA) is 85.1 Å². The molecule has 0 bridgehead atoms. The van der Waals surface area contributed by atoms with Gasteiger partial charge in [0.15, 0.2) is 5.13 Å². The minimum Gasteiger partial charge on any atom is -0.369 e. The van der Waals surface area contributed by atoms with Crippen LogP contribution in [0.3, 0.4) is 0 Å². The monoisotopic (exact) mass is 287 g/mol. The third-order valence-corrected chi connectivity index (χ3v) is 3.88. The van der Waals surface area contributed by atoms with E-state index in [1.807, 2.05) is 0 Å². The zero-order valence-electron chi connectivity index (χ0n) is 10.3. The number of thioether (sulfide) groups is 1. The molecule has 0 saturated carbocycles. The SMILES string of the molecule is CCCCSCC(=O)Nc1nc(CC(N)=O)cs1. The number of hydrogen-bond acceptors (Lipinski definition) is 5. The summed E-state index contributed by atoms with van der Waals surface area (Å²) >= 11 is 2.92. The minimum absolute atomic E-state index is 0.0592. The van der Waals surface area contributed by atoms with Gasteiger partial charge in [-0.25, -0.2) is 4.98 Å². The number of primary amides is 1.